The molecule has 1 aliphatic heterocycles. The summed E-state index contributed by atoms with van der Waals surface area (Å²) in [6.07, 6.45) is 4.72. The normalized spacial score (nSPS) is 15.7. The molecule has 4 rings (SSSR count). The average molecular weight is 382 g/mol. The molecule has 0 saturated carbocycles. The second-order valence-electron chi connectivity index (χ2n) is 6.49. The Morgan fingerprint density at radius 3 is 2.59 bits per heavy atom. The van der Waals surface area contributed by atoms with Crippen LogP contribution in [-0.4, -0.2) is 37.4 Å². The molecule has 0 spiro atoms. The molecule has 1 aliphatic rings. The van der Waals surface area contributed by atoms with Gasteiger partial charge in [-0.2, -0.15) is 4.31 Å². The van der Waals surface area contributed by atoms with Gasteiger partial charge in [0.25, 0.3) is 0 Å². The molecule has 140 valence electrons. The Bertz CT molecular complexity index is 1080. The molecule has 0 aliphatic carbocycles. The van der Waals surface area contributed by atoms with Crippen molar-refractivity contribution in [1.82, 2.24) is 9.29 Å². The highest BCUT2D eigenvalue weighted by Crippen LogP contribution is 2.31. The molecule has 0 fully saturated rings. The third-order valence-electron chi connectivity index (χ3n) is 4.88. The van der Waals surface area contributed by atoms with Gasteiger partial charge in [0.2, 0.25) is 10.0 Å². The van der Waals surface area contributed by atoms with E-state index in [1.165, 1.54) is 15.3 Å². The van der Waals surface area contributed by atoms with Crippen LogP contribution in [0.15, 0.2) is 65.7 Å². The number of benzene rings is 2. The van der Waals surface area contributed by atoms with E-state index in [0.29, 0.717) is 36.8 Å². The zero-order valence-electron chi connectivity index (χ0n) is 15.2. The minimum absolute atomic E-state index is 0.301. The number of nitrogens with one attached hydrogen (secondary N) is 1. The van der Waals surface area contributed by atoms with E-state index in [9.17, 15) is 8.42 Å². The van der Waals surface area contributed by atoms with Gasteiger partial charge in [0.1, 0.15) is 5.75 Å². The minimum atomic E-state index is -3.50. The summed E-state index contributed by atoms with van der Waals surface area (Å²) in [7, 11) is -3.50. The van der Waals surface area contributed by atoms with Gasteiger partial charge in [-0.05, 0) is 49.2 Å². The van der Waals surface area contributed by atoms with Crippen LogP contribution in [0.1, 0.15) is 18.9 Å². The first-order valence-corrected chi connectivity index (χ1v) is 10.5. The number of para-hydroxylation sites is 1. The quantitative estimate of drug-likeness (QED) is 0.724. The summed E-state index contributed by atoms with van der Waals surface area (Å²) < 4.78 is 32.7. The topological polar surface area (TPSA) is 62.4 Å². The van der Waals surface area contributed by atoms with Crippen molar-refractivity contribution >= 4 is 26.5 Å². The van der Waals surface area contributed by atoms with Crippen molar-refractivity contribution in [2.75, 3.05) is 19.7 Å². The highest BCUT2D eigenvalue weighted by atomic mass is 32.2. The first-order chi connectivity index (χ1) is 13.1. The highest BCUT2D eigenvalue weighted by Gasteiger charge is 2.26. The fourth-order valence-corrected chi connectivity index (χ4v) is 4.85. The summed E-state index contributed by atoms with van der Waals surface area (Å²) in [6, 6.07) is 14.8. The molecule has 1 aromatic heterocycles. The number of ether oxygens (including phenoxy) is 1. The van der Waals surface area contributed by atoms with Crippen LogP contribution < -0.4 is 4.74 Å². The van der Waals surface area contributed by atoms with Gasteiger partial charge in [0.15, 0.2) is 0 Å². The Hall–Kier alpha value is -2.57. The molecule has 6 heteroatoms. The Morgan fingerprint density at radius 1 is 1.11 bits per heavy atom. The highest BCUT2D eigenvalue weighted by molar-refractivity contribution is 7.89. The Balaban J connectivity index is 1.55. The fourth-order valence-electron chi connectivity index (χ4n) is 3.47. The number of aromatic nitrogens is 1. The summed E-state index contributed by atoms with van der Waals surface area (Å²) in [5.41, 5.74) is 3.44. The van der Waals surface area contributed by atoms with E-state index in [1.807, 2.05) is 37.4 Å². The van der Waals surface area contributed by atoms with Gasteiger partial charge < -0.3 is 9.72 Å². The molecule has 0 amide bonds. The lowest BCUT2D eigenvalue weighted by atomic mass is 10.00. The van der Waals surface area contributed by atoms with E-state index in [1.54, 1.807) is 24.3 Å². The SMILES string of the molecule is CCOc1ccc(S(=O)(=O)N2CC=C(c3c[nH]c4ccccc34)CC2)cc1. The Kier molecular flexibility index (Phi) is 4.76. The van der Waals surface area contributed by atoms with Crippen molar-refractivity contribution < 1.29 is 13.2 Å². The number of nitrogens with zero attached hydrogens (tertiary/aromatic N) is 1. The van der Waals surface area contributed by atoms with Gasteiger partial charge in [0.05, 0.1) is 11.5 Å². The molecule has 27 heavy (non-hydrogen) atoms. The fraction of sp³-hybridized carbons (Fsp3) is 0.238. The summed E-state index contributed by atoms with van der Waals surface area (Å²) >= 11 is 0. The summed E-state index contributed by atoms with van der Waals surface area (Å²) in [5, 5.41) is 1.17. The first kappa shape index (κ1) is 17.8. The molecule has 2 aromatic carbocycles. The van der Waals surface area contributed by atoms with Crippen LogP contribution in [-0.2, 0) is 10.0 Å². The molecule has 0 bridgehead atoms. The van der Waals surface area contributed by atoms with Crippen LogP contribution in [0.2, 0.25) is 0 Å². The molecule has 1 N–H and O–H groups in total. The zero-order chi connectivity index (χ0) is 18.9. The van der Waals surface area contributed by atoms with Crippen LogP contribution in [0.5, 0.6) is 5.75 Å². The first-order valence-electron chi connectivity index (χ1n) is 9.08. The van der Waals surface area contributed by atoms with E-state index in [0.717, 1.165) is 11.1 Å². The van der Waals surface area contributed by atoms with Gasteiger partial charge >= 0.3 is 0 Å². The van der Waals surface area contributed by atoms with Crippen LogP contribution >= 0.6 is 0 Å². The maximum atomic E-state index is 12.9. The Labute approximate surface area is 159 Å². The number of H-pyrrole nitrogens is 1. The largest absolute Gasteiger partial charge is 0.494 e. The molecule has 3 aromatic rings. The van der Waals surface area contributed by atoms with Crippen molar-refractivity contribution in [3.63, 3.8) is 0 Å². The standard InChI is InChI=1S/C21H22N2O3S/c1-2-26-17-7-9-18(10-8-17)27(24,25)23-13-11-16(12-14-23)20-15-22-21-6-4-3-5-19(20)21/h3-11,15,22H,2,12-14H2,1H3. The molecular weight excluding hydrogens is 360 g/mol. The molecule has 2 heterocycles. The predicted molar refractivity (Wildman–Crippen MR) is 107 cm³/mol. The lowest BCUT2D eigenvalue weighted by molar-refractivity contribution is 0.340. The summed E-state index contributed by atoms with van der Waals surface area (Å²) in [5.74, 6) is 0.677. The number of rotatable bonds is 5. The predicted octanol–water partition coefficient (Wildman–Crippen LogP) is 4.04. The van der Waals surface area contributed by atoms with Crippen LogP contribution in [0, 0.1) is 0 Å². The number of aromatic amines is 1. The van der Waals surface area contributed by atoms with Gasteiger partial charge in [-0.3, -0.25) is 0 Å². The number of sulfonamides is 1. The van der Waals surface area contributed by atoms with Crippen LogP contribution in [0.4, 0.5) is 0 Å². The Morgan fingerprint density at radius 2 is 1.89 bits per heavy atom. The van der Waals surface area contributed by atoms with Gasteiger partial charge in [-0.1, -0.05) is 24.3 Å². The third kappa shape index (κ3) is 3.38. The molecule has 5 nitrogen and oxygen atoms in total. The average Bonchev–Trinajstić information content (AvgIpc) is 3.13. The van der Waals surface area contributed by atoms with Crippen LogP contribution in [0.3, 0.4) is 0 Å². The van der Waals surface area contributed by atoms with Crippen molar-refractivity contribution in [1.29, 1.82) is 0 Å². The lowest BCUT2D eigenvalue weighted by Gasteiger charge is -2.26. The van der Waals surface area contributed by atoms with Gasteiger partial charge in [-0.25, -0.2) is 8.42 Å². The van der Waals surface area contributed by atoms with E-state index in [4.69, 9.17) is 4.74 Å². The maximum Gasteiger partial charge on any atom is 0.243 e. The molecule has 0 saturated heterocycles. The molecule has 0 atom stereocenters. The monoisotopic (exact) mass is 382 g/mol. The maximum absolute atomic E-state index is 12.9. The zero-order valence-corrected chi connectivity index (χ0v) is 16.0. The molecule has 0 unspecified atom stereocenters. The summed E-state index contributed by atoms with van der Waals surface area (Å²) in [6.45, 7) is 3.31. The summed E-state index contributed by atoms with van der Waals surface area (Å²) in [4.78, 5) is 3.58. The third-order valence-corrected chi connectivity index (χ3v) is 6.76. The smallest absolute Gasteiger partial charge is 0.243 e. The molecule has 0 radical (unpaired) electrons. The van der Waals surface area contributed by atoms with Crippen LogP contribution in [0.25, 0.3) is 16.5 Å². The van der Waals surface area contributed by atoms with Crippen molar-refractivity contribution in [2.45, 2.75) is 18.2 Å². The van der Waals surface area contributed by atoms with E-state index in [-0.39, 0.29) is 0 Å². The van der Waals surface area contributed by atoms with E-state index in [2.05, 4.69) is 11.1 Å². The van der Waals surface area contributed by atoms with Crippen molar-refractivity contribution in [2.24, 2.45) is 0 Å². The van der Waals surface area contributed by atoms with Crippen molar-refractivity contribution in [3.8, 4) is 5.75 Å². The molecular formula is C21H22N2O3S. The van der Waals surface area contributed by atoms with E-state index >= 15 is 0 Å². The number of hydrogen-bond donors (Lipinski definition) is 1. The van der Waals surface area contributed by atoms with E-state index < -0.39 is 10.0 Å². The van der Waals surface area contributed by atoms with Gasteiger partial charge in [0, 0.05) is 35.8 Å². The second-order valence-corrected chi connectivity index (χ2v) is 8.43. The number of fused-ring (bicyclic) bond motifs is 1. The van der Waals surface area contributed by atoms with Crippen molar-refractivity contribution in [3.05, 3.63) is 66.4 Å². The minimum Gasteiger partial charge on any atom is -0.494 e. The lowest BCUT2D eigenvalue weighted by Crippen LogP contribution is -2.34. The number of hydrogen-bond acceptors (Lipinski definition) is 3. The van der Waals surface area contributed by atoms with Gasteiger partial charge in [-0.15, -0.1) is 0 Å². The second kappa shape index (κ2) is 7.21.